The zero-order valence-corrected chi connectivity index (χ0v) is 17.6. The number of methoxy groups -OCH3 is 1. The van der Waals surface area contributed by atoms with E-state index in [1.807, 2.05) is 12.1 Å². The van der Waals surface area contributed by atoms with Crippen molar-refractivity contribution in [3.63, 3.8) is 0 Å². The third-order valence-corrected chi connectivity index (χ3v) is 5.54. The number of hydrogen-bond donors (Lipinski definition) is 1. The highest BCUT2D eigenvalue weighted by atomic mass is 16.5. The van der Waals surface area contributed by atoms with Crippen LogP contribution in [0.25, 0.3) is 16.9 Å². The first-order chi connectivity index (χ1) is 15.2. The van der Waals surface area contributed by atoms with Gasteiger partial charge in [0, 0.05) is 55.4 Å². The molecule has 0 radical (unpaired) electrons. The summed E-state index contributed by atoms with van der Waals surface area (Å²) in [7, 11) is 3.76. The maximum Gasteiger partial charge on any atom is 0.213 e. The van der Waals surface area contributed by atoms with Gasteiger partial charge in [-0.25, -0.2) is 19.5 Å². The molecule has 9 nitrogen and oxygen atoms in total. The Kier molecular flexibility index (Phi) is 5.09. The highest BCUT2D eigenvalue weighted by Crippen LogP contribution is 2.27. The number of benzene rings is 1. The summed E-state index contributed by atoms with van der Waals surface area (Å²) in [5.41, 5.74) is 4.55. The van der Waals surface area contributed by atoms with Crippen molar-refractivity contribution in [3.05, 3.63) is 55.1 Å². The second-order valence-corrected chi connectivity index (χ2v) is 7.54. The minimum absolute atomic E-state index is 0.536. The van der Waals surface area contributed by atoms with Crippen molar-refractivity contribution in [1.82, 2.24) is 29.5 Å². The Labute approximate surface area is 180 Å². The summed E-state index contributed by atoms with van der Waals surface area (Å²) in [5.74, 6) is 1.18. The summed E-state index contributed by atoms with van der Waals surface area (Å²) in [6.45, 7) is 4.27. The molecular weight excluding hydrogens is 392 g/mol. The Bertz CT molecular complexity index is 1180. The fourth-order valence-corrected chi connectivity index (χ4v) is 3.74. The normalized spacial score (nSPS) is 14.7. The third kappa shape index (κ3) is 3.87. The number of nitrogens with zero attached hydrogens (tertiary/aromatic N) is 7. The number of likely N-dealkylation sites (N-methyl/N-ethyl adjacent to an activating group) is 1. The van der Waals surface area contributed by atoms with Crippen LogP contribution in [-0.4, -0.2) is 69.8 Å². The number of ether oxygens (including phenoxy) is 1. The molecule has 1 aliphatic rings. The van der Waals surface area contributed by atoms with Crippen molar-refractivity contribution in [2.75, 3.05) is 50.6 Å². The van der Waals surface area contributed by atoms with Crippen LogP contribution in [-0.2, 0) is 0 Å². The van der Waals surface area contributed by atoms with Crippen LogP contribution < -0.4 is 15.0 Å². The second kappa shape index (κ2) is 8.19. The minimum atomic E-state index is 0.536. The number of hydrogen-bond acceptors (Lipinski definition) is 8. The Morgan fingerprint density at radius 2 is 1.77 bits per heavy atom. The minimum Gasteiger partial charge on any atom is -0.481 e. The van der Waals surface area contributed by atoms with Crippen LogP contribution in [0.1, 0.15) is 0 Å². The first-order valence-electron chi connectivity index (χ1n) is 10.2. The van der Waals surface area contributed by atoms with E-state index in [2.05, 4.69) is 66.5 Å². The van der Waals surface area contributed by atoms with Gasteiger partial charge < -0.3 is 19.9 Å². The van der Waals surface area contributed by atoms with Crippen molar-refractivity contribution in [1.29, 1.82) is 0 Å². The molecule has 158 valence electrons. The van der Waals surface area contributed by atoms with Gasteiger partial charge in [-0.15, -0.1) is 0 Å². The number of rotatable bonds is 5. The molecule has 1 N–H and O–H groups in total. The molecule has 9 heteroatoms. The molecule has 1 saturated heterocycles. The summed E-state index contributed by atoms with van der Waals surface area (Å²) in [4.78, 5) is 18.0. The summed E-state index contributed by atoms with van der Waals surface area (Å²) in [6.07, 6.45) is 5.00. The van der Waals surface area contributed by atoms with Crippen molar-refractivity contribution in [2.45, 2.75) is 0 Å². The van der Waals surface area contributed by atoms with E-state index in [4.69, 9.17) is 4.74 Å². The predicted octanol–water partition coefficient (Wildman–Crippen LogP) is 2.69. The molecule has 0 spiro atoms. The van der Waals surface area contributed by atoms with Gasteiger partial charge in [0.1, 0.15) is 6.33 Å². The average Bonchev–Trinajstić information content (AvgIpc) is 3.31. The smallest absolute Gasteiger partial charge is 0.213 e. The van der Waals surface area contributed by atoms with Gasteiger partial charge in [0.25, 0.3) is 0 Å². The van der Waals surface area contributed by atoms with E-state index in [-0.39, 0.29) is 0 Å². The fraction of sp³-hybridized carbons (Fsp3) is 0.273. The molecule has 3 aromatic heterocycles. The second-order valence-electron chi connectivity index (χ2n) is 7.54. The van der Waals surface area contributed by atoms with Gasteiger partial charge in [-0.3, -0.25) is 0 Å². The van der Waals surface area contributed by atoms with Gasteiger partial charge in [-0.1, -0.05) is 0 Å². The van der Waals surface area contributed by atoms with Crippen LogP contribution in [0.15, 0.2) is 55.1 Å². The van der Waals surface area contributed by atoms with Gasteiger partial charge in [0.15, 0.2) is 11.5 Å². The zero-order chi connectivity index (χ0) is 21.2. The quantitative estimate of drug-likeness (QED) is 0.532. The molecule has 1 aliphatic heterocycles. The zero-order valence-electron chi connectivity index (χ0n) is 17.6. The van der Waals surface area contributed by atoms with E-state index < -0.39 is 0 Å². The van der Waals surface area contributed by atoms with Crippen molar-refractivity contribution in [2.24, 2.45) is 0 Å². The standard InChI is InChI=1S/C22H24N8O/c1-28-9-11-29(12-10-28)18-5-3-17(4-6-18)27-21-22-25-15-26-30(22)19(14-24-21)16-7-8-23-20(13-16)31-2/h3-8,13-15H,9-12H2,1-2H3,(H,24,27). The van der Waals surface area contributed by atoms with E-state index in [1.165, 1.54) is 12.0 Å². The molecule has 1 aromatic carbocycles. The molecule has 4 heterocycles. The van der Waals surface area contributed by atoms with Crippen LogP contribution in [0.3, 0.4) is 0 Å². The lowest BCUT2D eigenvalue weighted by Crippen LogP contribution is -2.44. The molecule has 1 fully saturated rings. The Morgan fingerprint density at radius 3 is 2.55 bits per heavy atom. The number of anilines is 3. The van der Waals surface area contributed by atoms with Crippen molar-refractivity contribution >= 4 is 22.8 Å². The largest absolute Gasteiger partial charge is 0.481 e. The molecule has 0 bridgehead atoms. The fourth-order valence-electron chi connectivity index (χ4n) is 3.74. The lowest BCUT2D eigenvalue weighted by Gasteiger charge is -2.34. The number of nitrogens with one attached hydrogen (secondary N) is 1. The molecule has 0 atom stereocenters. The number of piperazine rings is 1. The summed E-state index contributed by atoms with van der Waals surface area (Å²) < 4.78 is 7.00. The van der Waals surface area contributed by atoms with Gasteiger partial charge >= 0.3 is 0 Å². The molecule has 5 rings (SSSR count). The van der Waals surface area contributed by atoms with Crippen LogP contribution in [0, 0.1) is 0 Å². The van der Waals surface area contributed by atoms with E-state index >= 15 is 0 Å². The first-order valence-corrected chi connectivity index (χ1v) is 10.2. The van der Waals surface area contributed by atoms with Crippen LogP contribution in [0.5, 0.6) is 5.88 Å². The molecule has 4 aromatic rings. The molecule has 31 heavy (non-hydrogen) atoms. The molecule has 0 aliphatic carbocycles. The van der Waals surface area contributed by atoms with Crippen LogP contribution in [0.2, 0.25) is 0 Å². The molecule has 0 saturated carbocycles. The van der Waals surface area contributed by atoms with Gasteiger partial charge in [0.05, 0.1) is 19.0 Å². The Hall–Kier alpha value is -3.72. The predicted molar refractivity (Wildman–Crippen MR) is 120 cm³/mol. The van der Waals surface area contributed by atoms with Gasteiger partial charge in [-0.2, -0.15) is 5.10 Å². The molecule has 0 unspecified atom stereocenters. The van der Waals surface area contributed by atoms with E-state index in [0.717, 1.165) is 43.1 Å². The van der Waals surface area contributed by atoms with E-state index in [9.17, 15) is 0 Å². The number of fused-ring (bicyclic) bond motifs is 1. The lowest BCUT2D eigenvalue weighted by atomic mass is 10.2. The van der Waals surface area contributed by atoms with E-state index in [1.54, 1.807) is 24.0 Å². The summed E-state index contributed by atoms with van der Waals surface area (Å²) >= 11 is 0. The topological polar surface area (TPSA) is 83.7 Å². The maximum atomic E-state index is 5.24. The van der Waals surface area contributed by atoms with E-state index in [0.29, 0.717) is 17.3 Å². The number of aromatic nitrogens is 5. The number of pyridine rings is 1. The SMILES string of the molecule is COc1cc(-c2cnc(Nc3ccc(N4CCN(C)CC4)cc3)c3ncnn23)ccn1. The highest BCUT2D eigenvalue weighted by molar-refractivity contribution is 5.74. The maximum absolute atomic E-state index is 5.24. The Balaban J connectivity index is 1.39. The lowest BCUT2D eigenvalue weighted by molar-refractivity contribution is 0.313. The molecular formula is C22H24N8O. The van der Waals surface area contributed by atoms with Gasteiger partial charge in [-0.05, 0) is 37.4 Å². The Morgan fingerprint density at radius 1 is 0.968 bits per heavy atom. The average molecular weight is 416 g/mol. The summed E-state index contributed by atoms with van der Waals surface area (Å²) in [5, 5.41) is 7.76. The monoisotopic (exact) mass is 416 g/mol. The third-order valence-electron chi connectivity index (χ3n) is 5.54. The van der Waals surface area contributed by atoms with Gasteiger partial charge in [0.2, 0.25) is 5.88 Å². The summed E-state index contributed by atoms with van der Waals surface area (Å²) in [6, 6.07) is 12.2. The van der Waals surface area contributed by atoms with Crippen molar-refractivity contribution in [3.8, 4) is 17.1 Å². The highest BCUT2D eigenvalue weighted by Gasteiger charge is 2.15. The van der Waals surface area contributed by atoms with Crippen LogP contribution in [0.4, 0.5) is 17.2 Å². The van der Waals surface area contributed by atoms with Crippen molar-refractivity contribution < 1.29 is 4.74 Å². The van der Waals surface area contributed by atoms with Crippen LogP contribution >= 0.6 is 0 Å². The first kappa shape index (κ1) is 19.3. The molecule has 0 amide bonds.